The highest BCUT2D eigenvalue weighted by molar-refractivity contribution is 5.98. The van der Waals surface area contributed by atoms with E-state index in [4.69, 9.17) is 15.2 Å². The number of hydrogen-bond acceptors (Lipinski definition) is 4. The van der Waals surface area contributed by atoms with E-state index in [0.717, 1.165) is 12.8 Å². The van der Waals surface area contributed by atoms with E-state index < -0.39 is 5.97 Å². The quantitative estimate of drug-likeness (QED) is 0.424. The predicted molar refractivity (Wildman–Crippen MR) is 81.1 cm³/mol. The largest absolute Gasteiger partial charge is 0.493 e. The third-order valence-electron chi connectivity index (χ3n) is 3.20. The minimum atomic E-state index is -0.457. The highest BCUT2D eigenvalue weighted by atomic mass is 16.5. The summed E-state index contributed by atoms with van der Waals surface area (Å²) in [6.45, 7) is 2.80. The maximum Gasteiger partial charge on any atom is 0.343 e. The average Bonchev–Trinajstić information content (AvgIpc) is 2.45. The fourth-order valence-corrected chi connectivity index (χ4v) is 2.05. The fourth-order valence-electron chi connectivity index (χ4n) is 2.05. The molecule has 0 bridgehead atoms. The van der Waals surface area contributed by atoms with Crippen LogP contribution in [0, 0.1) is 0 Å². The van der Waals surface area contributed by atoms with Crippen molar-refractivity contribution in [2.75, 3.05) is 19.5 Å². The van der Waals surface area contributed by atoms with Gasteiger partial charge in [-0.15, -0.1) is 0 Å². The molecule has 0 amide bonds. The van der Waals surface area contributed by atoms with E-state index >= 15 is 0 Å². The van der Waals surface area contributed by atoms with Gasteiger partial charge in [0.1, 0.15) is 11.3 Å². The standard InChI is InChI=1S/C16H25NO3/c1-3-4-5-6-7-8-12-20-14-11-9-10-13(17)15(14)16(18)19-2/h9-11H,3-8,12,17H2,1-2H3. The van der Waals surface area contributed by atoms with E-state index in [2.05, 4.69) is 6.92 Å². The number of esters is 1. The van der Waals surface area contributed by atoms with Gasteiger partial charge in [-0.3, -0.25) is 0 Å². The summed E-state index contributed by atoms with van der Waals surface area (Å²) in [6.07, 6.45) is 7.19. The molecule has 0 spiro atoms. The Morgan fingerprint density at radius 3 is 2.55 bits per heavy atom. The van der Waals surface area contributed by atoms with Gasteiger partial charge in [0.2, 0.25) is 0 Å². The lowest BCUT2D eigenvalue weighted by atomic mass is 10.1. The molecule has 0 saturated carbocycles. The van der Waals surface area contributed by atoms with Crippen LogP contribution in [-0.2, 0) is 4.74 Å². The maximum atomic E-state index is 11.7. The van der Waals surface area contributed by atoms with Gasteiger partial charge in [-0.25, -0.2) is 4.79 Å². The Morgan fingerprint density at radius 1 is 1.15 bits per heavy atom. The van der Waals surface area contributed by atoms with Crippen molar-refractivity contribution in [3.05, 3.63) is 23.8 Å². The van der Waals surface area contributed by atoms with Crippen LogP contribution in [0.15, 0.2) is 18.2 Å². The van der Waals surface area contributed by atoms with E-state index in [9.17, 15) is 4.79 Å². The molecule has 0 aliphatic rings. The predicted octanol–water partition coefficient (Wildman–Crippen LogP) is 3.79. The van der Waals surface area contributed by atoms with E-state index in [-0.39, 0.29) is 0 Å². The molecule has 4 nitrogen and oxygen atoms in total. The molecule has 1 aromatic carbocycles. The van der Waals surface area contributed by atoms with E-state index in [1.807, 2.05) is 0 Å². The first-order valence-electron chi connectivity index (χ1n) is 7.30. The summed E-state index contributed by atoms with van der Waals surface area (Å²) in [5, 5.41) is 0. The summed E-state index contributed by atoms with van der Waals surface area (Å²) >= 11 is 0. The molecule has 0 fully saturated rings. The molecular weight excluding hydrogens is 254 g/mol. The number of nitrogen functional groups attached to an aromatic ring is 1. The summed E-state index contributed by atoms with van der Waals surface area (Å²) < 4.78 is 10.4. The molecule has 0 heterocycles. The monoisotopic (exact) mass is 279 g/mol. The van der Waals surface area contributed by atoms with Crippen molar-refractivity contribution in [1.82, 2.24) is 0 Å². The number of nitrogens with two attached hydrogens (primary N) is 1. The van der Waals surface area contributed by atoms with Crippen LogP contribution in [0.1, 0.15) is 55.8 Å². The normalized spacial score (nSPS) is 10.3. The second kappa shape index (κ2) is 9.23. The van der Waals surface area contributed by atoms with Gasteiger partial charge in [0.05, 0.1) is 13.7 Å². The minimum absolute atomic E-state index is 0.320. The first kappa shape index (κ1) is 16.3. The number of ether oxygens (including phenoxy) is 2. The molecular formula is C16H25NO3. The van der Waals surface area contributed by atoms with Crippen molar-refractivity contribution in [1.29, 1.82) is 0 Å². The summed E-state index contributed by atoms with van der Waals surface area (Å²) in [4.78, 5) is 11.7. The number of carbonyl (C=O) groups is 1. The van der Waals surface area contributed by atoms with Gasteiger partial charge in [-0.05, 0) is 18.6 Å². The molecule has 0 saturated heterocycles. The van der Waals surface area contributed by atoms with Crippen molar-refractivity contribution in [2.45, 2.75) is 45.4 Å². The molecule has 4 heteroatoms. The summed E-state index contributed by atoms with van der Waals surface area (Å²) in [5.74, 6) is 0.0476. The van der Waals surface area contributed by atoms with E-state index in [1.54, 1.807) is 18.2 Å². The van der Waals surface area contributed by atoms with Crippen molar-refractivity contribution in [3.8, 4) is 5.75 Å². The Morgan fingerprint density at radius 2 is 1.85 bits per heavy atom. The van der Waals surface area contributed by atoms with E-state index in [0.29, 0.717) is 23.6 Å². The third-order valence-corrected chi connectivity index (χ3v) is 3.20. The second-order valence-electron chi connectivity index (χ2n) is 4.83. The number of methoxy groups -OCH3 is 1. The zero-order valence-corrected chi connectivity index (χ0v) is 12.5. The summed E-state index contributed by atoms with van der Waals surface area (Å²) in [5.41, 5.74) is 6.51. The number of benzene rings is 1. The molecule has 0 aliphatic heterocycles. The Kier molecular flexibility index (Phi) is 7.55. The number of rotatable bonds is 9. The van der Waals surface area contributed by atoms with Crippen LogP contribution in [0.4, 0.5) is 5.69 Å². The summed E-state index contributed by atoms with van der Waals surface area (Å²) in [7, 11) is 1.34. The van der Waals surface area contributed by atoms with Gasteiger partial charge >= 0.3 is 5.97 Å². The Bertz CT molecular complexity index is 418. The van der Waals surface area contributed by atoms with Gasteiger partial charge in [0, 0.05) is 5.69 Å². The SMILES string of the molecule is CCCCCCCCOc1cccc(N)c1C(=O)OC. The maximum absolute atomic E-state index is 11.7. The Balaban J connectivity index is 2.44. The molecule has 0 aliphatic carbocycles. The fraction of sp³-hybridized carbons (Fsp3) is 0.562. The van der Waals surface area contributed by atoms with Gasteiger partial charge < -0.3 is 15.2 Å². The van der Waals surface area contributed by atoms with Crippen molar-refractivity contribution >= 4 is 11.7 Å². The number of unbranched alkanes of at least 4 members (excludes halogenated alkanes) is 5. The van der Waals surface area contributed by atoms with Crippen molar-refractivity contribution in [2.24, 2.45) is 0 Å². The first-order chi connectivity index (χ1) is 9.70. The van der Waals surface area contributed by atoms with Crippen LogP contribution in [0.25, 0.3) is 0 Å². The average molecular weight is 279 g/mol. The third kappa shape index (κ3) is 5.11. The number of hydrogen-bond donors (Lipinski definition) is 1. The first-order valence-corrected chi connectivity index (χ1v) is 7.30. The van der Waals surface area contributed by atoms with Crippen molar-refractivity contribution in [3.63, 3.8) is 0 Å². The number of carbonyl (C=O) groups excluding carboxylic acids is 1. The van der Waals surface area contributed by atoms with Crippen LogP contribution in [0.5, 0.6) is 5.75 Å². The van der Waals surface area contributed by atoms with Gasteiger partial charge in [0.25, 0.3) is 0 Å². The molecule has 0 atom stereocenters. The molecule has 20 heavy (non-hydrogen) atoms. The molecule has 0 radical (unpaired) electrons. The van der Waals surface area contributed by atoms with Crippen LogP contribution in [0.2, 0.25) is 0 Å². The van der Waals surface area contributed by atoms with Crippen LogP contribution >= 0.6 is 0 Å². The minimum Gasteiger partial charge on any atom is -0.493 e. The zero-order valence-electron chi connectivity index (χ0n) is 12.5. The lowest BCUT2D eigenvalue weighted by molar-refractivity contribution is 0.0597. The molecule has 0 unspecified atom stereocenters. The molecule has 0 aromatic heterocycles. The molecule has 1 rings (SSSR count). The van der Waals surface area contributed by atoms with Gasteiger partial charge in [-0.1, -0.05) is 45.1 Å². The van der Waals surface area contributed by atoms with Crippen LogP contribution in [-0.4, -0.2) is 19.7 Å². The lowest BCUT2D eigenvalue weighted by Crippen LogP contribution is -2.09. The smallest absolute Gasteiger partial charge is 0.343 e. The van der Waals surface area contributed by atoms with Gasteiger partial charge in [-0.2, -0.15) is 0 Å². The number of anilines is 1. The zero-order chi connectivity index (χ0) is 14.8. The highest BCUT2D eigenvalue weighted by Crippen LogP contribution is 2.25. The summed E-state index contributed by atoms with van der Waals surface area (Å²) in [6, 6.07) is 5.20. The second-order valence-corrected chi connectivity index (χ2v) is 4.83. The molecule has 2 N–H and O–H groups in total. The van der Waals surface area contributed by atoms with E-state index in [1.165, 1.54) is 32.8 Å². The molecule has 112 valence electrons. The van der Waals surface area contributed by atoms with Gasteiger partial charge in [0.15, 0.2) is 0 Å². The molecule has 1 aromatic rings. The van der Waals surface area contributed by atoms with Crippen LogP contribution in [0.3, 0.4) is 0 Å². The lowest BCUT2D eigenvalue weighted by Gasteiger charge is -2.12. The highest BCUT2D eigenvalue weighted by Gasteiger charge is 2.16. The Hall–Kier alpha value is -1.71. The van der Waals surface area contributed by atoms with Crippen molar-refractivity contribution < 1.29 is 14.3 Å². The Labute approximate surface area is 121 Å². The van der Waals surface area contributed by atoms with Crippen LogP contribution < -0.4 is 10.5 Å². The topological polar surface area (TPSA) is 61.5 Å².